The van der Waals surface area contributed by atoms with E-state index in [1.807, 2.05) is 13.0 Å². The number of aliphatic hydroxyl groups is 1. The number of hydrogen-bond acceptors (Lipinski definition) is 3. The minimum atomic E-state index is -0.178. The average Bonchev–Trinajstić information content (AvgIpc) is 2.43. The number of amides is 1. The summed E-state index contributed by atoms with van der Waals surface area (Å²) in [5.74, 6) is 6.31. The second-order valence-electron chi connectivity index (χ2n) is 4.20. The minimum Gasteiger partial charge on any atom is -0.384 e. The Hall–Kier alpha value is -1.44. The molecule has 1 aromatic rings. The summed E-state index contributed by atoms with van der Waals surface area (Å²) in [6, 6.07) is 7.27. The lowest BCUT2D eigenvalue weighted by atomic mass is 10.1. The van der Waals surface area contributed by atoms with Gasteiger partial charge in [0.25, 0.3) is 5.91 Å². The molecular weight excluding hydrogens is 258 g/mol. The molecule has 0 saturated carbocycles. The van der Waals surface area contributed by atoms with Crippen LogP contribution in [0.15, 0.2) is 24.3 Å². The highest BCUT2D eigenvalue weighted by molar-refractivity contribution is 7.98. The quantitative estimate of drug-likeness (QED) is 0.808. The second-order valence-corrected chi connectivity index (χ2v) is 5.18. The standard InChI is InChI=1S/C15H19NO2S/c1-12(8-10-19-2)16-15(18)14-7-3-5-13(11-14)6-4-9-17/h3,5,7,11-12,17H,8-10H2,1-2H3,(H,16,18). The molecule has 3 nitrogen and oxygen atoms in total. The van der Waals surface area contributed by atoms with E-state index in [0.29, 0.717) is 5.56 Å². The third-order valence-corrected chi connectivity index (χ3v) is 3.21. The van der Waals surface area contributed by atoms with Gasteiger partial charge in [0, 0.05) is 17.2 Å². The van der Waals surface area contributed by atoms with E-state index in [2.05, 4.69) is 23.4 Å². The predicted molar refractivity (Wildman–Crippen MR) is 80.3 cm³/mol. The highest BCUT2D eigenvalue weighted by Crippen LogP contribution is 2.06. The number of carbonyl (C=O) groups excluding carboxylic acids is 1. The van der Waals surface area contributed by atoms with E-state index in [9.17, 15) is 4.79 Å². The molecular formula is C15H19NO2S. The van der Waals surface area contributed by atoms with E-state index in [-0.39, 0.29) is 18.6 Å². The lowest BCUT2D eigenvalue weighted by Crippen LogP contribution is -2.32. The highest BCUT2D eigenvalue weighted by Gasteiger charge is 2.09. The number of hydrogen-bond donors (Lipinski definition) is 2. The first-order valence-corrected chi connectivity index (χ1v) is 7.56. The monoisotopic (exact) mass is 277 g/mol. The number of thioether (sulfide) groups is 1. The van der Waals surface area contributed by atoms with E-state index in [4.69, 9.17) is 5.11 Å². The Morgan fingerprint density at radius 1 is 1.53 bits per heavy atom. The summed E-state index contributed by atoms with van der Waals surface area (Å²) >= 11 is 1.77. The van der Waals surface area contributed by atoms with E-state index in [0.717, 1.165) is 17.7 Å². The van der Waals surface area contributed by atoms with Crippen molar-refractivity contribution in [2.75, 3.05) is 18.6 Å². The molecule has 1 amide bonds. The van der Waals surface area contributed by atoms with Crippen LogP contribution < -0.4 is 5.32 Å². The molecule has 0 aliphatic rings. The van der Waals surface area contributed by atoms with E-state index >= 15 is 0 Å². The van der Waals surface area contributed by atoms with Gasteiger partial charge in [-0.3, -0.25) is 4.79 Å². The smallest absolute Gasteiger partial charge is 0.251 e. The van der Waals surface area contributed by atoms with Crippen LogP contribution in [0.3, 0.4) is 0 Å². The zero-order valence-corrected chi connectivity index (χ0v) is 12.1. The van der Waals surface area contributed by atoms with Crippen LogP contribution in [0.4, 0.5) is 0 Å². The van der Waals surface area contributed by atoms with Gasteiger partial charge in [0.05, 0.1) is 0 Å². The number of nitrogens with one attached hydrogen (secondary N) is 1. The zero-order valence-electron chi connectivity index (χ0n) is 11.3. The molecule has 0 saturated heterocycles. The van der Waals surface area contributed by atoms with Crippen LogP contribution in [0.2, 0.25) is 0 Å². The van der Waals surface area contributed by atoms with E-state index in [1.54, 1.807) is 30.0 Å². The summed E-state index contributed by atoms with van der Waals surface area (Å²) < 4.78 is 0. The van der Waals surface area contributed by atoms with Gasteiger partial charge in [-0.25, -0.2) is 0 Å². The largest absolute Gasteiger partial charge is 0.384 e. The topological polar surface area (TPSA) is 49.3 Å². The Balaban J connectivity index is 2.66. The Labute approximate surface area is 118 Å². The molecule has 0 spiro atoms. The zero-order chi connectivity index (χ0) is 14.1. The van der Waals surface area contributed by atoms with Crippen molar-refractivity contribution in [2.45, 2.75) is 19.4 Å². The normalized spacial score (nSPS) is 11.3. The third-order valence-electron chi connectivity index (χ3n) is 2.57. The Morgan fingerprint density at radius 2 is 2.32 bits per heavy atom. The lowest BCUT2D eigenvalue weighted by molar-refractivity contribution is 0.0939. The second kappa shape index (κ2) is 8.63. The fraction of sp³-hybridized carbons (Fsp3) is 0.400. The Morgan fingerprint density at radius 3 is 3.00 bits per heavy atom. The molecule has 0 bridgehead atoms. The van der Waals surface area contributed by atoms with Gasteiger partial charge in [-0.1, -0.05) is 17.9 Å². The Bertz CT molecular complexity index is 477. The molecule has 0 aliphatic heterocycles. The molecule has 102 valence electrons. The van der Waals surface area contributed by atoms with Crippen LogP contribution in [-0.2, 0) is 0 Å². The van der Waals surface area contributed by atoms with Gasteiger partial charge in [0.15, 0.2) is 0 Å². The number of rotatable bonds is 5. The lowest BCUT2D eigenvalue weighted by Gasteiger charge is -2.13. The first kappa shape index (κ1) is 15.6. The molecule has 0 aliphatic carbocycles. The van der Waals surface area contributed by atoms with Gasteiger partial charge in [-0.05, 0) is 43.6 Å². The fourth-order valence-electron chi connectivity index (χ4n) is 1.55. The minimum absolute atomic E-state index is 0.0822. The first-order valence-electron chi connectivity index (χ1n) is 6.17. The molecule has 1 rings (SSSR count). The Kier molecular flexibility index (Phi) is 7.09. The molecule has 0 heterocycles. The summed E-state index contributed by atoms with van der Waals surface area (Å²) in [7, 11) is 0. The highest BCUT2D eigenvalue weighted by atomic mass is 32.2. The predicted octanol–water partition coefficient (Wildman–Crippen LogP) is 1.90. The summed E-state index contributed by atoms with van der Waals surface area (Å²) in [4.78, 5) is 12.0. The van der Waals surface area contributed by atoms with Crippen LogP contribution in [0.5, 0.6) is 0 Å². The summed E-state index contributed by atoms with van der Waals surface area (Å²) in [6.45, 7) is 1.83. The van der Waals surface area contributed by atoms with Crippen molar-refractivity contribution >= 4 is 17.7 Å². The van der Waals surface area contributed by atoms with Gasteiger partial charge in [0.2, 0.25) is 0 Å². The van der Waals surface area contributed by atoms with Crippen molar-refractivity contribution in [3.63, 3.8) is 0 Å². The molecule has 19 heavy (non-hydrogen) atoms. The van der Waals surface area contributed by atoms with Crippen LogP contribution in [0, 0.1) is 11.8 Å². The SMILES string of the molecule is CSCCC(C)NC(=O)c1cccc(C#CCO)c1. The molecule has 0 aromatic heterocycles. The number of aliphatic hydroxyl groups excluding tert-OH is 1. The maximum absolute atomic E-state index is 12.0. The molecule has 1 atom stereocenters. The summed E-state index contributed by atoms with van der Waals surface area (Å²) in [5.41, 5.74) is 1.33. The number of carbonyl (C=O) groups is 1. The summed E-state index contributed by atoms with van der Waals surface area (Å²) in [6.07, 6.45) is 3.01. The molecule has 1 unspecified atom stereocenters. The van der Waals surface area contributed by atoms with Gasteiger partial charge in [-0.15, -0.1) is 0 Å². The van der Waals surface area contributed by atoms with Crippen LogP contribution >= 0.6 is 11.8 Å². The van der Waals surface area contributed by atoms with Crippen molar-refractivity contribution < 1.29 is 9.90 Å². The molecule has 0 fully saturated rings. The van der Waals surface area contributed by atoms with E-state index < -0.39 is 0 Å². The molecule has 0 radical (unpaired) electrons. The van der Waals surface area contributed by atoms with E-state index in [1.165, 1.54) is 0 Å². The van der Waals surface area contributed by atoms with Gasteiger partial charge < -0.3 is 10.4 Å². The molecule has 1 aromatic carbocycles. The van der Waals surface area contributed by atoms with Crippen molar-refractivity contribution in [1.29, 1.82) is 0 Å². The van der Waals surface area contributed by atoms with Gasteiger partial charge in [-0.2, -0.15) is 11.8 Å². The molecule has 4 heteroatoms. The third kappa shape index (κ3) is 5.82. The van der Waals surface area contributed by atoms with Crippen LogP contribution in [-0.4, -0.2) is 35.7 Å². The van der Waals surface area contributed by atoms with Gasteiger partial charge in [0.1, 0.15) is 6.61 Å². The van der Waals surface area contributed by atoms with Crippen LogP contribution in [0.1, 0.15) is 29.3 Å². The van der Waals surface area contributed by atoms with Crippen molar-refractivity contribution in [3.05, 3.63) is 35.4 Å². The maximum Gasteiger partial charge on any atom is 0.251 e. The number of benzene rings is 1. The fourth-order valence-corrected chi connectivity index (χ4v) is 2.14. The van der Waals surface area contributed by atoms with Crippen molar-refractivity contribution in [3.8, 4) is 11.8 Å². The van der Waals surface area contributed by atoms with Crippen molar-refractivity contribution in [1.82, 2.24) is 5.32 Å². The van der Waals surface area contributed by atoms with Crippen molar-refractivity contribution in [2.24, 2.45) is 0 Å². The van der Waals surface area contributed by atoms with Gasteiger partial charge >= 0.3 is 0 Å². The molecule has 2 N–H and O–H groups in total. The first-order chi connectivity index (χ1) is 9.17. The average molecular weight is 277 g/mol. The maximum atomic E-state index is 12.0. The van der Waals surface area contributed by atoms with Crippen LogP contribution in [0.25, 0.3) is 0 Å². The summed E-state index contributed by atoms with van der Waals surface area (Å²) in [5, 5.41) is 11.6.